The van der Waals surface area contributed by atoms with Crippen molar-refractivity contribution in [1.29, 1.82) is 0 Å². The Labute approximate surface area is 187 Å². The van der Waals surface area contributed by atoms with Gasteiger partial charge in [0.05, 0.1) is 0 Å². The predicted octanol–water partition coefficient (Wildman–Crippen LogP) is 3.32. The maximum atomic E-state index is 13.0. The molecule has 0 saturated heterocycles. The van der Waals surface area contributed by atoms with Gasteiger partial charge < -0.3 is 9.84 Å². The number of hydrogen-bond acceptors (Lipinski definition) is 2. The average molecular weight is 382 g/mol. The van der Waals surface area contributed by atoms with E-state index in [9.17, 15) is 5.11 Å². The quantitative estimate of drug-likeness (QED) is 0.447. The molecule has 0 N–H and O–H groups in total. The third kappa shape index (κ3) is 3.68. The number of rotatable bonds is 4. The second-order valence-electron chi connectivity index (χ2n) is 7.09. The van der Waals surface area contributed by atoms with Gasteiger partial charge in [-0.2, -0.15) is 0 Å². The fourth-order valence-electron chi connectivity index (χ4n) is 3.87. The van der Waals surface area contributed by atoms with Gasteiger partial charge in [-0.1, -0.05) is 97.1 Å². The molecule has 0 aliphatic rings. The molecular formula is C27H19LiO2. The van der Waals surface area contributed by atoms with E-state index in [4.69, 9.17) is 4.74 Å². The van der Waals surface area contributed by atoms with Gasteiger partial charge in [0.1, 0.15) is 12.4 Å². The van der Waals surface area contributed by atoms with E-state index in [1.54, 1.807) is 6.07 Å². The van der Waals surface area contributed by atoms with Crippen molar-refractivity contribution in [2.24, 2.45) is 0 Å². The summed E-state index contributed by atoms with van der Waals surface area (Å²) in [6.07, 6.45) is 0. The van der Waals surface area contributed by atoms with Gasteiger partial charge in [0.2, 0.25) is 0 Å². The maximum absolute atomic E-state index is 13.0. The molecule has 5 aromatic carbocycles. The topological polar surface area (TPSA) is 32.3 Å². The first-order valence-electron chi connectivity index (χ1n) is 9.69. The minimum atomic E-state index is 0. The molecule has 5 rings (SSSR count). The van der Waals surface area contributed by atoms with E-state index in [2.05, 4.69) is 18.2 Å². The van der Waals surface area contributed by atoms with E-state index < -0.39 is 0 Å². The van der Waals surface area contributed by atoms with Crippen LogP contribution in [0.1, 0.15) is 5.56 Å². The molecule has 0 unspecified atom stereocenters. The van der Waals surface area contributed by atoms with Crippen LogP contribution in [0.4, 0.5) is 0 Å². The van der Waals surface area contributed by atoms with Crippen molar-refractivity contribution in [3.63, 3.8) is 0 Å². The molecule has 0 radical (unpaired) electrons. The summed E-state index contributed by atoms with van der Waals surface area (Å²) in [6, 6.07) is 33.8. The third-order valence-electron chi connectivity index (χ3n) is 5.27. The first-order valence-corrected chi connectivity index (χ1v) is 9.69. The molecule has 0 heterocycles. The Morgan fingerprint density at radius 3 is 1.83 bits per heavy atom. The van der Waals surface area contributed by atoms with E-state index in [1.165, 1.54) is 0 Å². The van der Waals surface area contributed by atoms with Crippen LogP contribution in [0, 0.1) is 0 Å². The third-order valence-corrected chi connectivity index (χ3v) is 5.27. The van der Waals surface area contributed by atoms with Gasteiger partial charge in [0.15, 0.2) is 0 Å². The summed E-state index contributed by atoms with van der Waals surface area (Å²) >= 11 is 0. The molecule has 30 heavy (non-hydrogen) atoms. The van der Waals surface area contributed by atoms with E-state index in [0.717, 1.165) is 38.4 Å². The van der Waals surface area contributed by atoms with Crippen molar-refractivity contribution < 1.29 is 28.7 Å². The van der Waals surface area contributed by atoms with Crippen LogP contribution in [0.15, 0.2) is 103 Å². The molecule has 2 nitrogen and oxygen atoms in total. The summed E-state index contributed by atoms with van der Waals surface area (Å²) < 4.78 is 6.25. The first kappa shape index (κ1) is 20.1. The Kier molecular flexibility index (Phi) is 5.81. The molecular weight excluding hydrogens is 363 g/mol. The van der Waals surface area contributed by atoms with E-state index in [0.29, 0.717) is 12.2 Å². The van der Waals surface area contributed by atoms with Crippen LogP contribution < -0.4 is 28.7 Å². The van der Waals surface area contributed by atoms with Gasteiger partial charge in [-0.3, -0.25) is 0 Å². The van der Waals surface area contributed by atoms with Crippen molar-refractivity contribution in [2.45, 2.75) is 6.61 Å². The van der Waals surface area contributed by atoms with Crippen molar-refractivity contribution in [3.8, 4) is 22.6 Å². The summed E-state index contributed by atoms with van der Waals surface area (Å²) in [6.45, 7) is 0.450. The van der Waals surface area contributed by atoms with Crippen LogP contribution in [0.3, 0.4) is 0 Å². The summed E-state index contributed by atoms with van der Waals surface area (Å²) in [5, 5.41) is 17.1. The fraction of sp³-hybridized carbons (Fsp3) is 0.0370. The Morgan fingerprint density at radius 1 is 0.567 bits per heavy atom. The Bertz CT molecular complexity index is 1310. The predicted molar refractivity (Wildman–Crippen MR) is 117 cm³/mol. The molecule has 0 aliphatic carbocycles. The first-order chi connectivity index (χ1) is 14.3. The Morgan fingerprint density at radius 2 is 1.13 bits per heavy atom. The summed E-state index contributed by atoms with van der Waals surface area (Å²) in [5.41, 5.74) is 2.65. The number of hydrogen-bond donors (Lipinski definition) is 0. The zero-order valence-corrected chi connectivity index (χ0v) is 16.8. The van der Waals surface area contributed by atoms with E-state index in [1.807, 2.05) is 78.9 Å². The smallest absolute Gasteiger partial charge is 0.872 e. The molecule has 0 aromatic heterocycles. The molecule has 3 heteroatoms. The van der Waals surface area contributed by atoms with Gasteiger partial charge in [-0.05, 0) is 38.7 Å². The molecule has 5 aromatic rings. The Hall–Kier alpha value is -3.18. The van der Waals surface area contributed by atoms with Crippen LogP contribution in [-0.2, 0) is 6.61 Å². The molecule has 0 atom stereocenters. The van der Waals surface area contributed by atoms with Crippen LogP contribution in [0.5, 0.6) is 11.5 Å². The fourth-order valence-corrected chi connectivity index (χ4v) is 3.87. The number of benzene rings is 5. The molecule has 140 valence electrons. The van der Waals surface area contributed by atoms with Crippen LogP contribution in [0.25, 0.3) is 32.7 Å². The number of ether oxygens (including phenoxy) is 1. The van der Waals surface area contributed by atoms with Gasteiger partial charge in [-0.15, -0.1) is 5.75 Å². The standard InChI is InChI=1S/C27H20O2.Li/c28-24-16-14-20-10-4-6-12-22(20)26(24)27-23-13-7-5-11-21(23)15-17-25(27)29-18-19-8-2-1-3-9-19;/h1-17,28H,18H2;/q;+1/p-1. The van der Waals surface area contributed by atoms with Crippen molar-refractivity contribution in [1.82, 2.24) is 0 Å². The molecule has 0 amide bonds. The van der Waals surface area contributed by atoms with E-state index in [-0.39, 0.29) is 24.6 Å². The van der Waals surface area contributed by atoms with Gasteiger partial charge in [-0.25, -0.2) is 0 Å². The van der Waals surface area contributed by atoms with Crippen molar-refractivity contribution in [3.05, 3.63) is 109 Å². The Balaban J connectivity index is 0.00000218. The largest absolute Gasteiger partial charge is 1.00 e. The summed E-state index contributed by atoms with van der Waals surface area (Å²) in [5.74, 6) is 0.727. The zero-order valence-electron chi connectivity index (χ0n) is 16.8. The van der Waals surface area contributed by atoms with Crippen molar-refractivity contribution >= 4 is 21.5 Å². The maximum Gasteiger partial charge on any atom is 1.00 e. The second kappa shape index (κ2) is 8.67. The molecule has 0 aliphatic heterocycles. The van der Waals surface area contributed by atoms with Crippen LogP contribution in [0.2, 0.25) is 0 Å². The second-order valence-corrected chi connectivity index (χ2v) is 7.09. The number of fused-ring (bicyclic) bond motifs is 2. The van der Waals surface area contributed by atoms with Gasteiger partial charge in [0, 0.05) is 5.56 Å². The average Bonchev–Trinajstić information content (AvgIpc) is 2.78. The monoisotopic (exact) mass is 382 g/mol. The van der Waals surface area contributed by atoms with Crippen molar-refractivity contribution in [2.75, 3.05) is 0 Å². The minimum absolute atomic E-state index is 0. The summed E-state index contributed by atoms with van der Waals surface area (Å²) in [7, 11) is 0. The SMILES string of the molecule is [Li+].[O-]c1ccc2ccccc2c1-c1c(OCc2ccccc2)ccc2ccccc12. The normalized spacial score (nSPS) is 10.7. The molecule has 0 spiro atoms. The van der Waals surface area contributed by atoms with E-state index >= 15 is 0 Å². The zero-order chi connectivity index (χ0) is 19.6. The van der Waals surface area contributed by atoms with Gasteiger partial charge in [0.25, 0.3) is 0 Å². The van der Waals surface area contributed by atoms with Crippen LogP contribution >= 0.6 is 0 Å². The van der Waals surface area contributed by atoms with Crippen LogP contribution in [-0.4, -0.2) is 0 Å². The molecule has 0 fully saturated rings. The minimum Gasteiger partial charge on any atom is -0.872 e. The van der Waals surface area contributed by atoms with Gasteiger partial charge >= 0.3 is 18.9 Å². The molecule has 0 bridgehead atoms. The summed E-state index contributed by atoms with van der Waals surface area (Å²) in [4.78, 5) is 0. The molecule has 0 saturated carbocycles.